The minimum Gasteiger partial charge on any atom is -0.493 e. The summed E-state index contributed by atoms with van der Waals surface area (Å²) >= 11 is 6.02. The molecule has 3 aromatic carbocycles. The van der Waals surface area contributed by atoms with Crippen LogP contribution in [0.25, 0.3) is 0 Å². The summed E-state index contributed by atoms with van der Waals surface area (Å²) in [6.07, 6.45) is 2.85. The Balaban J connectivity index is 1.15. The number of halogens is 1. The average molecular weight is 548 g/mol. The van der Waals surface area contributed by atoms with E-state index < -0.39 is 0 Å². The predicted octanol–water partition coefficient (Wildman–Crippen LogP) is 4.84. The van der Waals surface area contributed by atoms with Crippen molar-refractivity contribution < 1.29 is 19.0 Å². The zero-order chi connectivity index (χ0) is 27.2. The van der Waals surface area contributed by atoms with E-state index in [4.69, 9.17) is 25.8 Å². The van der Waals surface area contributed by atoms with Crippen LogP contribution in [0.15, 0.2) is 66.9 Å². The molecule has 4 aromatic rings. The van der Waals surface area contributed by atoms with E-state index in [1.165, 1.54) is 11.1 Å². The highest BCUT2D eigenvalue weighted by Gasteiger charge is 2.19. The smallest absolute Gasteiger partial charge is 0.255 e. The van der Waals surface area contributed by atoms with Gasteiger partial charge in [-0.2, -0.15) is 0 Å². The molecule has 0 atom stereocenters. The van der Waals surface area contributed by atoms with Crippen LogP contribution >= 0.6 is 11.6 Å². The molecule has 1 N–H and O–H groups in total. The van der Waals surface area contributed by atoms with Crippen LogP contribution in [0.3, 0.4) is 0 Å². The number of amides is 1. The molecule has 5 rings (SSSR count). The molecular formula is C29H30ClN5O4. The minimum absolute atomic E-state index is 0.225. The number of fused-ring (bicyclic) bond motifs is 1. The van der Waals surface area contributed by atoms with Crippen molar-refractivity contribution in [3.8, 4) is 17.2 Å². The first kappa shape index (κ1) is 26.5. The second-order valence-corrected chi connectivity index (χ2v) is 9.66. The monoisotopic (exact) mass is 547 g/mol. The lowest BCUT2D eigenvalue weighted by molar-refractivity contribution is 0.102. The van der Waals surface area contributed by atoms with E-state index >= 15 is 0 Å². The molecule has 0 saturated heterocycles. The van der Waals surface area contributed by atoms with Crippen LogP contribution in [0.5, 0.6) is 17.2 Å². The van der Waals surface area contributed by atoms with Crippen molar-refractivity contribution in [2.75, 3.05) is 32.6 Å². The first-order valence-electron chi connectivity index (χ1n) is 12.7. The van der Waals surface area contributed by atoms with Crippen molar-refractivity contribution in [3.05, 3.63) is 94.3 Å². The van der Waals surface area contributed by atoms with Gasteiger partial charge in [0.2, 0.25) is 0 Å². The summed E-state index contributed by atoms with van der Waals surface area (Å²) in [5.74, 6) is 1.80. The Hall–Kier alpha value is -4.08. The number of methoxy groups -OCH3 is 2. The number of rotatable bonds is 10. The second kappa shape index (κ2) is 12.2. The Morgan fingerprint density at radius 3 is 2.56 bits per heavy atom. The van der Waals surface area contributed by atoms with Crippen molar-refractivity contribution in [3.63, 3.8) is 0 Å². The zero-order valence-corrected chi connectivity index (χ0v) is 22.6. The van der Waals surface area contributed by atoms with E-state index in [0.717, 1.165) is 37.6 Å². The maximum atomic E-state index is 12.7. The van der Waals surface area contributed by atoms with Gasteiger partial charge in [-0.25, -0.2) is 0 Å². The van der Waals surface area contributed by atoms with E-state index in [0.29, 0.717) is 34.3 Å². The molecule has 1 aromatic heterocycles. The van der Waals surface area contributed by atoms with Crippen LogP contribution in [-0.2, 0) is 26.1 Å². The highest BCUT2D eigenvalue weighted by Crippen LogP contribution is 2.33. The number of para-hydroxylation sites is 2. The number of nitrogens with one attached hydrogen (secondary N) is 1. The number of anilines is 1. The van der Waals surface area contributed by atoms with Gasteiger partial charge in [0, 0.05) is 30.2 Å². The van der Waals surface area contributed by atoms with Gasteiger partial charge in [-0.05, 0) is 60.0 Å². The van der Waals surface area contributed by atoms with Gasteiger partial charge in [0.05, 0.1) is 32.6 Å². The Kier molecular flexibility index (Phi) is 8.29. The number of hydrogen-bond donors (Lipinski definition) is 1. The lowest BCUT2D eigenvalue weighted by Crippen LogP contribution is -2.33. The molecule has 1 aliphatic rings. The lowest BCUT2D eigenvalue weighted by atomic mass is 9.99. The lowest BCUT2D eigenvalue weighted by Gasteiger charge is -2.29. The van der Waals surface area contributed by atoms with Crippen LogP contribution in [-0.4, -0.2) is 53.1 Å². The minimum atomic E-state index is -0.266. The summed E-state index contributed by atoms with van der Waals surface area (Å²) in [6, 6.07) is 18.2. The fraction of sp³-hybridized carbons (Fsp3) is 0.276. The van der Waals surface area contributed by atoms with Crippen molar-refractivity contribution in [1.29, 1.82) is 0 Å². The normalized spacial score (nSPS) is 13.0. The molecule has 39 heavy (non-hydrogen) atoms. The van der Waals surface area contributed by atoms with E-state index in [1.54, 1.807) is 50.6 Å². The molecule has 0 spiro atoms. The van der Waals surface area contributed by atoms with Crippen molar-refractivity contribution in [2.24, 2.45) is 0 Å². The van der Waals surface area contributed by atoms with Gasteiger partial charge in [0.25, 0.3) is 5.91 Å². The van der Waals surface area contributed by atoms with E-state index in [2.05, 4.69) is 32.7 Å². The van der Waals surface area contributed by atoms with Gasteiger partial charge < -0.3 is 19.5 Å². The molecule has 0 aliphatic carbocycles. The first-order valence-corrected chi connectivity index (χ1v) is 13.0. The first-order chi connectivity index (χ1) is 19.0. The SMILES string of the molecule is COc1cc2c(cc1OC)CN(CCn1cc(COc3ccccc3NC(=O)c3cccc(Cl)c3)nn1)CC2. The fourth-order valence-electron chi connectivity index (χ4n) is 4.56. The van der Waals surface area contributed by atoms with Crippen molar-refractivity contribution in [1.82, 2.24) is 19.9 Å². The summed E-state index contributed by atoms with van der Waals surface area (Å²) < 4.78 is 18.7. The topological polar surface area (TPSA) is 90.7 Å². The molecular weight excluding hydrogens is 518 g/mol. The highest BCUT2D eigenvalue weighted by atomic mass is 35.5. The maximum Gasteiger partial charge on any atom is 0.255 e. The summed E-state index contributed by atoms with van der Waals surface area (Å²) in [5.41, 5.74) is 4.29. The molecule has 0 unspecified atom stereocenters. The molecule has 9 nitrogen and oxygen atoms in total. The van der Waals surface area contributed by atoms with Crippen LogP contribution in [0.1, 0.15) is 27.2 Å². The number of nitrogens with zero attached hydrogens (tertiary/aromatic N) is 4. The molecule has 1 aliphatic heterocycles. The van der Waals surface area contributed by atoms with Gasteiger partial charge in [-0.1, -0.05) is 35.0 Å². The molecule has 10 heteroatoms. The third-order valence-electron chi connectivity index (χ3n) is 6.63. The van der Waals surface area contributed by atoms with E-state index in [-0.39, 0.29) is 12.5 Å². The molecule has 2 heterocycles. The Morgan fingerprint density at radius 2 is 1.77 bits per heavy atom. The summed E-state index contributed by atoms with van der Waals surface area (Å²) in [6.45, 7) is 3.59. The van der Waals surface area contributed by atoms with Gasteiger partial charge in [0.1, 0.15) is 18.1 Å². The van der Waals surface area contributed by atoms with Crippen LogP contribution in [0, 0.1) is 0 Å². The number of hydrogen-bond acceptors (Lipinski definition) is 7. The summed E-state index contributed by atoms with van der Waals surface area (Å²) in [5, 5.41) is 11.9. The maximum absolute atomic E-state index is 12.7. The van der Waals surface area contributed by atoms with Crippen molar-refractivity contribution in [2.45, 2.75) is 26.1 Å². The number of aromatic nitrogens is 3. The molecule has 0 saturated carbocycles. The summed E-state index contributed by atoms with van der Waals surface area (Å²) in [4.78, 5) is 15.1. The van der Waals surface area contributed by atoms with Crippen molar-refractivity contribution >= 4 is 23.2 Å². The Bertz CT molecular complexity index is 1460. The molecule has 0 radical (unpaired) electrons. The number of carbonyl (C=O) groups excluding carboxylic acids is 1. The van der Waals surface area contributed by atoms with E-state index in [1.807, 2.05) is 23.0 Å². The van der Waals surface area contributed by atoms with Crippen LogP contribution in [0.4, 0.5) is 5.69 Å². The van der Waals surface area contributed by atoms with Gasteiger partial charge in [0.15, 0.2) is 11.5 Å². The number of carbonyl (C=O) groups is 1. The highest BCUT2D eigenvalue weighted by molar-refractivity contribution is 6.31. The average Bonchev–Trinajstić information content (AvgIpc) is 3.42. The third-order valence-corrected chi connectivity index (χ3v) is 6.86. The number of ether oxygens (including phenoxy) is 3. The predicted molar refractivity (Wildman–Crippen MR) is 149 cm³/mol. The Morgan fingerprint density at radius 1 is 0.974 bits per heavy atom. The van der Waals surface area contributed by atoms with E-state index in [9.17, 15) is 4.79 Å². The molecule has 202 valence electrons. The zero-order valence-electron chi connectivity index (χ0n) is 21.9. The standard InChI is InChI=1S/C29H30ClN5O4/c1-37-27-15-20-10-11-34(17-22(20)16-28(27)38-2)12-13-35-18-24(32-33-35)19-39-26-9-4-3-8-25(26)31-29(36)21-6-5-7-23(30)14-21/h3-9,14-16,18H,10-13,17,19H2,1-2H3,(H,31,36). The number of benzene rings is 3. The molecule has 0 bridgehead atoms. The fourth-order valence-corrected chi connectivity index (χ4v) is 4.75. The van der Waals surface area contributed by atoms with Gasteiger partial charge in [-0.3, -0.25) is 14.4 Å². The third kappa shape index (κ3) is 6.50. The van der Waals surface area contributed by atoms with Crippen LogP contribution in [0.2, 0.25) is 5.02 Å². The second-order valence-electron chi connectivity index (χ2n) is 9.22. The van der Waals surface area contributed by atoms with Gasteiger partial charge >= 0.3 is 0 Å². The summed E-state index contributed by atoms with van der Waals surface area (Å²) in [7, 11) is 3.32. The molecule has 0 fully saturated rings. The quantitative estimate of drug-likeness (QED) is 0.304. The van der Waals surface area contributed by atoms with Gasteiger partial charge in [-0.15, -0.1) is 5.10 Å². The van der Waals surface area contributed by atoms with Crippen LogP contribution < -0.4 is 19.5 Å². The largest absolute Gasteiger partial charge is 0.493 e. The Labute approximate surface area is 232 Å². The molecule has 1 amide bonds.